The summed E-state index contributed by atoms with van der Waals surface area (Å²) in [6, 6.07) is -0.725. The van der Waals surface area contributed by atoms with Crippen LogP contribution >= 0.6 is 12.4 Å². The van der Waals surface area contributed by atoms with Crippen molar-refractivity contribution in [2.45, 2.75) is 25.8 Å². The average Bonchev–Trinajstić information content (AvgIpc) is 2.44. The third-order valence-electron chi connectivity index (χ3n) is 3.14. The number of nitrogens with zero attached hydrogens (tertiary/aromatic N) is 2. The Hall–Kier alpha value is -1.54. The van der Waals surface area contributed by atoms with Gasteiger partial charge in [-0.15, -0.1) is 12.4 Å². The molecule has 1 atom stereocenters. The van der Waals surface area contributed by atoms with Crippen LogP contribution in [0.3, 0.4) is 0 Å². The van der Waals surface area contributed by atoms with Crippen LogP contribution in [0.5, 0.6) is 0 Å². The Morgan fingerprint density at radius 1 is 1.14 bits per heavy atom. The largest absolute Gasteiger partial charge is 0.450 e. The van der Waals surface area contributed by atoms with Gasteiger partial charge in [0.25, 0.3) is 0 Å². The number of carbonyl (C=O) groups is 3. The van der Waals surface area contributed by atoms with Crippen molar-refractivity contribution >= 4 is 30.3 Å². The van der Waals surface area contributed by atoms with E-state index in [-0.39, 0.29) is 37.2 Å². The van der Waals surface area contributed by atoms with E-state index in [2.05, 4.69) is 0 Å². The van der Waals surface area contributed by atoms with Crippen molar-refractivity contribution in [2.24, 2.45) is 11.5 Å². The molecule has 1 rings (SSSR count). The maximum atomic E-state index is 12.0. The monoisotopic (exact) mass is 322 g/mol. The number of halogens is 1. The molecule has 0 aromatic heterocycles. The van der Waals surface area contributed by atoms with Crippen LogP contribution in [0.15, 0.2) is 0 Å². The second-order valence-electron chi connectivity index (χ2n) is 4.62. The minimum absolute atomic E-state index is 0. The second kappa shape index (κ2) is 9.41. The van der Waals surface area contributed by atoms with Crippen molar-refractivity contribution in [2.75, 3.05) is 32.8 Å². The Bertz CT molecular complexity index is 372. The van der Waals surface area contributed by atoms with E-state index in [0.717, 1.165) is 0 Å². The van der Waals surface area contributed by atoms with Crippen molar-refractivity contribution in [1.82, 2.24) is 9.80 Å². The van der Waals surface area contributed by atoms with Crippen LogP contribution < -0.4 is 11.5 Å². The van der Waals surface area contributed by atoms with Crippen molar-refractivity contribution < 1.29 is 19.1 Å². The summed E-state index contributed by atoms with van der Waals surface area (Å²) in [6.45, 7) is 3.76. The smallest absolute Gasteiger partial charge is 0.409 e. The summed E-state index contributed by atoms with van der Waals surface area (Å²) in [5, 5.41) is 0. The molecule has 0 saturated carbocycles. The van der Waals surface area contributed by atoms with E-state index in [4.69, 9.17) is 16.2 Å². The van der Waals surface area contributed by atoms with Crippen LogP contribution in [0.2, 0.25) is 0 Å². The number of nitrogens with two attached hydrogens (primary N) is 2. The van der Waals surface area contributed by atoms with Crippen molar-refractivity contribution in [1.29, 1.82) is 0 Å². The SMILES string of the molecule is CCOC(=O)N1CCN(C(=O)[C@@H](N)CCC(N)=O)CC1.Cl. The summed E-state index contributed by atoms with van der Waals surface area (Å²) in [5.41, 5.74) is 10.8. The Labute approximate surface area is 130 Å². The van der Waals surface area contributed by atoms with E-state index in [1.54, 1.807) is 16.7 Å². The molecule has 1 aliphatic rings. The molecular formula is C12H23ClN4O4. The second-order valence-corrected chi connectivity index (χ2v) is 4.62. The zero-order valence-electron chi connectivity index (χ0n) is 12.1. The van der Waals surface area contributed by atoms with Crippen molar-refractivity contribution in [3.05, 3.63) is 0 Å². The number of rotatable bonds is 5. The fourth-order valence-corrected chi connectivity index (χ4v) is 1.98. The molecule has 1 aliphatic heterocycles. The van der Waals surface area contributed by atoms with Gasteiger partial charge in [-0.2, -0.15) is 0 Å². The van der Waals surface area contributed by atoms with Crippen LogP contribution in [-0.2, 0) is 14.3 Å². The molecule has 0 bridgehead atoms. The van der Waals surface area contributed by atoms with Gasteiger partial charge < -0.3 is 26.0 Å². The highest BCUT2D eigenvalue weighted by Gasteiger charge is 2.27. The average molecular weight is 323 g/mol. The molecule has 0 unspecified atom stereocenters. The van der Waals surface area contributed by atoms with Gasteiger partial charge >= 0.3 is 6.09 Å². The molecule has 0 aromatic rings. The maximum absolute atomic E-state index is 12.0. The van der Waals surface area contributed by atoms with Crippen LogP contribution in [0.25, 0.3) is 0 Å². The van der Waals surface area contributed by atoms with Crippen LogP contribution in [0.4, 0.5) is 4.79 Å². The van der Waals surface area contributed by atoms with E-state index in [0.29, 0.717) is 32.8 Å². The van der Waals surface area contributed by atoms with Gasteiger partial charge in [-0.05, 0) is 13.3 Å². The Morgan fingerprint density at radius 3 is 2.14 bits per heavy atom. The van der Waals surface area contributed by atoms with E-state index in [1.807, 2.05) is 0 Å². The van der Waals surface area contributed by atoms with Crippen LogP contribution in [-0.4, -0.2) is 66.5 Å². The molecule has 3 amide bonds. The van der Waals surface area contributed by atoms with Gasteiger partial charge in [0.15, 0.2) is 0 Å². The number of piperazine rings is 1. The summed E-state index contributed by atoms with van der Waals surface area (Å²) < 4.78 is 4.90. The summed E-state index contributed by atoms with van der Waals surface area (Å²) >= 11 is 0. The van der Waals surface area contributed by atoms with Crippen molar-refractivity contribution in [3.63, 3.8) is 0 Å². The highest BCUT2D eigenvalue weighted by Crippen LogP contribution is 2.07. The van der Waals surface area contributed by atoms with E-state index in [9.17, 15) is 14.4 Å². The first-order valence-corrected chi connectivity index (χ1v) is 6.70. The molecule has 9 heteroatoms. The first-order valence-electron chi connectivity index (χ1n) is 6.70. The number of carbonyl (C=O) groups excluding carboxylic acids is 3. The highest BCUT2D eigenvalue weighted by molar-refractivity contribution is 5.85. The van der Waals surface area contributed by atoms with Gasteiger partial charge in [-0.3, -0.25) is 9.59 Å². The first-order chi connectivity index (χ1) is 9.45. The fraction of sp³-hybridized carbons (Fsp3) is 0.750. The molecule has 4 N–H and O–H groups in total. The number of hydrogen-bond acceptors (Lipinski definition) is 5. The molecule has 0 aliphatic carbocycles. The third-order valence-corrected chi connectivity index (χ3v) is 3.14. The number of ether oxygens (including phenoxy) is 1. The molecule has 1 saturated heterocycles. The zero-order valence-corrected chi connectivity index (χ0v) is 12.9. The summed E-state index contributed by atoms with van der Waals surface area (Å²) in [6.07, 6.45) is -0.0280. The first kappa shape index (κ1) is 19.5. The summed E-state index contributed by atoms with van der Waals surface area (Å²) in [4.78, 5) is 37.4. The standard InChI is InChI=1S/C12H22N4O4.ClH/c1-2-20-12(19)16-7-5-15(6-8-16)11(18)9(13)3-4-10(14)17;/h9H,2-8,13H2,1H3,(H2,14,17);1H/t9-;/m0./s1. The van der Waals surface area contributed by atoms with Gasteiger partial charge in [0.05, 0.1) is 12.6 Å². The predicted octanol–water partition coefficient (Wildman–Crippen LogP) is -0.698. The molecule has 0 radical (unpaired) electrons. The Kier molecular flexibility index (Phi) is 8.72. The zero-order chi connectivity index (χ0) is 15.1. The minimum Gasteiger partial charge on any atom is -0.450 e. The van der Waals surface area contributed by atoms with Crippen LogP contribution in [0, 0.1) is 0 Å². The Morgan fingerprint density at radius 2 is 1.67 bits per heavy atom. The van der Waals surface area contributed by atoms with E-state index >= 15 is 0 Å². The van der Waals surface area contributed by atoms with Crippen molar-refractivity contribution in [3.8, 4) is 0 Å². The number of primary amides is 1. The number of hydrogen-bond donors (Lipinski definition) is 2. The predicted molar refractivity (Wildman–Crippen MR) is 78.8 cm³/mol. The Balaban J connectivity index is 0.00000400. The third kappa shape index (κ3) is 6.17. The molecular weight excluding hydrogens is 300 g/mol. The van der Waals surface area contributed by atoms with Gasteiger partial charge in [-0.25, -0.2) is 4.79 Å². The summed E-state index contributed by atoms with van der Waals surface area (Å²) in [7, 11) is 0. The van der Waals surface area contributed by atoms with Gasteiger partial charge in [0.2, 0.25) is 11.8 Å². The van der Waals surface area contributed by atoms with E-state index < -0.39 is 11.9 Å². The normalized spacial score (nSPS) is 15.9. The molecule has 1 heterocycles. The molecule has 0 spiro atoms. The molecule has 21 heavy (non-hydrogen) atoms. The molecule has 1 fully saturated rings. The summed E-state index contributed by atoms with van der Waals surface area (Å²) in [5.74, 6) is -0.685. The van der Waals surface area contributed by atoms with Crippen LogP contribution in [0.1, 0.15) is 19.8 Å². The lowest BCUT2D eigenvalue weighted by Crippen LogP contribution is -2.54. The lowest BCUT2D eigenvalue weighted by molar-refractivity contribution is -0.134. The van der Waals surface area contributed by atoms with Gasteiger partial charge in [0.1, 0.15) is 0 Å². The lowest BCUT2D eigenvalue weighted by Gasteiger charge is -2.35. The minimum atomic E-state index is -0.725. The van der Waals surface area contributed by atoms with Gasteiger partial charge in [-0.1, -0.05) is 0 Å². The molecule has 0 aromatic carbocycles. The number of amides is 3. The van der Waals surface area contributed by atoms with Gasteiger partial charge in [0, 0.05) is 32.6 Å². The highest BCUT2D eigenvalue weighted by atomic mass is 35.5. The fourth-order valence-electron chi connectivity index (χ4n) is 1.98. The topological polar surface area (TPSA) is 119 Å². The lowest BCUT2D eigenvalue weighted by atomic mass is 10.1. The molecule has 8 nitrogen and oxygen atoms in total. The maximum Gasteiger partial charge on any atom is 0.409 e. The van der Waals surface area contributed by atoms with E-state index in [1.165, 1.54) is 0 Å². The molecule has 122 valence electrons. The quantitative estimate of drug-likeness (QED) is 0.694.